The van der Waals surface area contributed by atoms with Gasteiger partial charge in [0.05, 0.1) is 5.69 Å². The standard InChI is InChI=1S/C12H12N2O2/c1-7-11(12(15)16)14-6-9(8-2-3-8)4-5-10(14)13-7/h4-6,8H,2-3H2,1H3,(H,15,16). The Morgan fingerprint density at radius 1 is 1.50 bits per heavy atom. The Bertz CT molecular complexity index is 582. The molecule has 0 saturated heterocycles. The van der Waals surface area contributed by atoms with Crippen molar-refractivity contribution in [3.8, 4) is 0 Å². The molecule has 16 heavy (non-hydrogen) atoms. The first-order valence-electron chi connectivity index (χ1n) is 5.38. The number of fused-ring (bicyclic) bond motifs is 1. The van der Waals surface area contributed by atoms with E-state index in [4.69, 9.17) is 5.11 Å². The molecule has 1 aliphatic rings. The van der Waals surface area contributed by atoms with E-state index >= 15 is 0 Å². The number of carbonyl (C=O) groups is 1. The molecule has 2 heterocycles. The third-order valence-electron chi connectivity index (χ3n) is 3.07. The maximum atomic E-state index is 11.1. The van der Waals surface area contributed by atoms with Crippen molar-refractivity contribution in [2.24, 2.45) is 0 Å². The van der Waals surface area contributed by atoms with E-state index in [0.29, 0.717) is 17.3 Å². The molecule has 2 aromatic rings. The number of aryl methyl sites for hydroxylation is 1. The Labute approximate surface area is 92.5 Å². The number of aromatic carboxylic acids is 1. The van der Waals surface area contributed by atoms with E-state index in [1.807, 2.05) is 18.3 Å². The third kappa shape index (κ3) is 1.30. The number of pyridine rings is 1. The summed E-state index contributed by atoms with van der Waals surface area (Å²) in [7, 11) is 0. The van der Waals surface area contributed by atoms with E-state index in [2.05, 4.69) is 4.98 Å². The number of imidazole rings is 1. The number of rotatable bonds is 2. The topological polar surface area (TPSA) is 54.6 Å². The number of hydrogen-bond donors (Lipinski definition) is 1. The number of aromatic nitrogens is 2. The molecule has 0 radical (unpaired) electrons. The van der Waals surface area contributed by atoms with E-state index in [0.717, 1.165) is 0 Å². The van der Waals surface area contributed by atoms with Gasteiger partial charge in [0, 0.05) is 6.20 Å². The average molecular weight is 216 g/mol. The van der Waals surface area contributed by atoms with Crippen LogP contribution in [0.15, 0.2) is 18.3 Å². The summed E-state index contributed by atoms with van der Waals surface area (Å²) in [6.07, 6.45) is 4.33. The van der Waals surface area contributed by atoms with Crippen LogP contribution in [-0.4, -0.2) is 20.5 Å². The molecule has 2 aromatic heterocycles. The summed E-state index contributed by atoms with van der Waals surface area (Å²) in [6.45, 7) is 1.73. The van der Waals surface area contributed by atoms with Gasteiger partial charge in [-0.15, -0.1) is 0 Å². The van der Waals surface area contributed by atoms with Crippen molar-refractivity contribution in [3.05, 3.63) is 35.3 Å². The second kappa shape index (κ2) is 3.07. The fourth-order valence-corrected chi connectivity index (χ4v) is 2.09. The van der Waals surface area contributed by atoms with E-state index in [1.165, 1.54) is 18.4 Å². The van der Waals surface area contributed by atoms with Gasteiger partial charge in [-0.3, -0.25) is 4.40 Å². The molecular formula is C12H12N2O2. The van der Waals surface area contributed by atoms with Crippen molar-refractivity contribution in [2.75, 3.05) is 0 Å². The highest BCUT2D eigenvalue weighted by molar-refractivity contribution is 5.88. The van der Waals surface area contributed by atoms with Crippen LogP contribution in [0.3, 0.4) is 0 Å². The molecule has 0 aliphatic heterocycles. The predicted molar refractivity (Wildman–Crippen MR) is 58.9 cm³/mol. The van der Waals surface area contributed by atoms with Gasteiger partial charge < -0.3 is 5.11 Å². The number of carboxylic acid groups (broad SMARTS) is 1. The molecule has 1 aliphatic carbocycles. The summed E-state index contributed by atoms with van der Waals surface area (Å²) in [6, 6.07) is 3.94. The highest BCUT2D eigenvalue weighted by Crippen LogP contribution is 2.40. The zero-order chi connectivity index (χ0) is 11.3. The molecule has 1 N–H and O–H groups in total. The lowest BCUT2D eigenvalue weighted by Crippen LogP contribution is -2.03. The number of carboxylic acids is 1. The summed E-state index contributed by atoms with van der Waals surface area (Å²) < 4.78 is 1.69. The summed E-state index contributed by atoms with van der Waals surface area (Å²) in [4.78, 5) is 15.4. The first-order valence-corrected chi connectivity index (χ1v) is 5.38. The second-order valence-corrected chi connectivity index (χ2v) is 4.32. The smallest absolute Gasteiger partial charge is 0.354 e. The Hall–Kier alpha value is -1.84. The average Bonchev–Trinajstić information content (AvgIpc) is 2.99. The zero-order valence-corrected chi connectivity index (χ0v) is 8.97. The molecule has 0 unspecified atom stereocenters. The molecule has 1 fully saturated rings. The third-order valence-corrected chi connectivity index (χ3v) is 3.07. The molecule has 1 saturated carbocycles. The number of nitrogens with zero attached hydrogens (tertiary/aromatic N) is 2. The minimum atomic E-state index is -0.919. The Morgan fingerprint density at radius 2 is 2.25 bits per heavy atom. The lowest BCUT2D eigenvalue weighted by atomic mass is 10.2. The lowest BCUT2D eigenvalue weighted by Gasteiger charge is -2.01. The van der Waals surface area contributed by atoms with E-state index in [9.17, 15) is 4.79 Å². The van der Waals surface area contributed by atoms with E-state index < -0.39 is 5.97 Å². The monoisotopic (exact) mass is 216 g/mol. The van der Waals surface area contributed by atoms with Gasteiger partial charge in [-0.25, -0.2) is 9.78 Å². The molecule has 0 atom stereocenters. The fraction of sp³-hybridized carbons (Fsp3) is 0.333. The van der Waals surface area contributed by atoms with Crippen LogP contribution in [0.4, 0.5) is 0 Å². The molecule has 4 heteroatoms. The quantitative estimate of drug-likeness (QED) is 0.837. The van der Waals surface area contributed by atoms with Gasteiger partial charge in [0.2, 0.25) is 0 Å². The molecule has 0 spiro atoms. The molecule has 82 valence electrons. The van der Waals surface area contributed by atoms with E-state index in [-0.39, 0.29) is 5.69 Å². The van der Waals surface area contributed by atoms with Gasteiger partial charge in [-0.1, -0.05) is 6.07 Å². The maximum Gasteiger partial charge on any atom is 0.354 e. The predicted octanol–water partition coefficient (Wildman–Crippen LogP) is 2.22. The summed E-state index contributed by atoms with van der Waals surface area (Å²) in [5, 5.41) is 9.14. The van der Waals surface area contributed by atoms with Crippen molar-refractivity contribution < 1.29 is 9.90 Å². The lowest BCUT2D eigenvalue weighted by molar-refractivity contribution is 0.0688. The zero-order valence-electron chi connectivity index (χ0n) is 8.97. The van der Waals surface area contributed by atoms with Gasteiger partial charge in [0.25, 0.3) is 0 Å². The summed E-state index contributed by atoms with van der Waals surface area (Å²) in [5.41, 5.74) is 2.77. The van der Waals surface area contributed by atoms with Crippen LogP contribution in [0.25, 0.3) is 5.65 Å². The van der Waals surface area contributed by atoms with Crippen LogP contribution < -0.4 is 0 Å². The molecule has 3 rings (SSSR count). The van der Waals surface area contributed by atoms with Gasteiger partial charge in [-0.2, -0.15) is 0 Å². The van der Waals surface area contributed by atoms with Crippen LogP contribution in [0.5, 0.6) is 0 Å². The van der Waals surface area contributed by atoms with Crippen LogP contribution in [-0.2, 0) is 0 Å². The highest BCUT2D eigenvalue weighted by atomic mass is 16.4. The first-order chi connectivity index (χ1) is 7.66. The van der Waals surface area contributed by atoms with Gasteiger partial charge in [0.1, 0.15) is 5.65 Å². The fourth-order valence-electron chi connectivity index (χ4n) is 2.09. The summed E-state index contributed by atoms with van der Waals surface area (Å²) in [5.74, 6) is -0.299. The van der Waals surface area contributed by atoms with Crippen molar-refractivity contribution in [1.29, 1.82) is 0 Å². The van der Waals surface area contributed by atoms with Crippen LogP contribution >= 0.6 is 0 Å². The van der Waals surface area contributed by atoms with Gasteiger partial charge >= 0.3 is 5.97 Å². The highest BCUT2D eigenvalue weighted by Gasteiger charge is 2.25. The Morgan fingerprint density at radius 3 is 2.88 bits per heavy atom. The van der Waals surface area contributed by atoms with Gasteiger partial charge in [-0.05, 0) is 37.3 Å². The Balaban J connectivity index is 2.26. The van der Waals surface area contributed by atoms with Crippen molar-refractivity contribution >= 4 is 11.6 Å². The molecular weight excluding hydrogens is 204 g/mol. The molecule has 4 nitrogen and oxygen atoms in total. The summed E-state index contributed by atoms with van der Waals surface area (Å²) >= 11 is 0. The number of hydrogen-bond acceptors (Lipinski definition) is 2. The minimum absolute atomic E-state index is 0.275. The normalized spacial score (nSPS) is 15.6. The van der Waals surface area contributed by atoms with Crippen LogP contribution in [0, 0.1) is 6.92 Å². The van der Waals surface area contributed by atoms with E-state index in [1.54, 1.807) is 11.3 Å². The first kappa shape index (κ1) is 9.39. The maximum absolute atomic E-state index is 11.1. The SMILES string of the molecule is Cc1nc2ccc(C3CC3)cn2c1C(=O)O. The van der Waals surface area contributed by atoms with Crippen LogP contribution in [0.1, 0.15) is 40.5 Å². The second-order valence-electron chi connectivity index (χ2n) is 4.32. The van der Waals surface area contributed by atoms with Crippen molar-refractivity contribution in [3.63, 3.8) is 0 Å². The molecule has 0 bridgehead atoms. The minimum Gasteiger partial charge on any atom is -0.477 e. The van der Waals surface area contributed by atoms with Crippen LogP contribution in [0.2, 0.25) is 0 Å². The largest absolute Gasteiger partial charge is 0.477 e. The van der Waals surface area contributed by atoms with Gasteiger partial charge in [0.15, 0.2) is 5.69 Å². The molecule has 0 amide bonds. The molecule has 0 aromatic carbocycles. The van der Waals surface area contributed by atoms with Crippen molar-refractivity contribution in [2.45, 2.75) is 25.7 Å². The van der Waals surface area contributed by atoms with Crippen molar-refractivity contribution in [1.82, 2.24) is 9.38 Å². The Kier molecular flexibility index (Phi) is 1.80.